The zero-order chi connectivity index (χ0) is 14.5. The Hall–Kier alpha value is -1.77. The molecule has 0 aromatic heterocycles. The molecule has 0 bridgehead atoms. The minimum Gasteiger partial charge on any atom is -0.480 e. The lowest BCUT2D eigenvalue weighted by Gasteiger charge is -2.31. The van der Waals surface area contributed by atoms with E-state index in [-0.39, 0.29) is 12.5 Å². The normalized spacial score (nSPS) is 14.2. The van der Waals surface area contributed by atoms with Gasteiger partial charge in [-0.3, -0.25) is 0 Å². The second-order valence-corrected chi connectivity index (χ2v) is 5.41. The second-order valence-electron chi connectivity index (χ2n) is 5.41. The first-order valence-electron chi connectivity index (χ1n) is 5.74. The summed E-state index contributed by atoms with van der Waals surface area (Å²) in [4.78, 5) is 24.3. The number of hydrogen-bond donors (Lipinski definition) is 2. The van der Waals surface area contributed by atoms with Crippen LogP contribution in [-0.2, 0) is 4.79 Å². The number of carbonyl (C=O) groups is 2. The third-order valence-electron chi connectivity index (χ3n) is 2.75. The molecule has 6 nitrogen and oxygen atoms in total. The van der Waals surface area contributed by atoms with Crippen LogP contribution in [0.4, 0.5) is 4.79 Å². The number of carboxylic acid groups (broad SMARTS) is 1. The van der Waals surface area contributed by atoms with Gasteiger partial charge in [0.2, 0.25) is 0 Å². The van der Waals surface area contributed by atoms with E-state index in [1.807, 2.05) is 6.07 Å². The van der Waals surface area contributed by atoms with Crippen molar-refractivity contribution in [3.8, 4) is 6.07 Å². The third kappa shape index (κ3) is 4.62. The fourth-order valence-corrected chi connectivity index (χ4v) is 1.34. The quantitative estimate of drug-likeness (QED) is 0.794. The van der Waals surface area contributed by atoms with Gasteiger partial charge in [-0.15, -0.1) is 0 Å². The van der Waals surface area contributed by atoms with Gasteiger partial charge in [0.05, 0.1) is 12.5 Å². The summed E-state index contributed by atoms with van der Waals surface area (Å²) in [6, 6.07) is 0.255. The molecule has 0 radical (unpaired) electrons. The van der Waals surface area contributed by atoms with E-state index in [4.69, 9.17) is 10.4 Å². The zero-order valence-electron chi connectivity index (χ0n) is 11.5. The summed E-state index contributed by atoms with van der Waals surface area (Å²) in [6.07, 6.45) is 0.206. The summed E-state index contributed by atoms with van der Waals surface area (Å²) in [6.45, 7) is 6.95. The number of rotatable bonds is 4. The number of carbonyl (C=O) groups excluding carboxylic acids is 1. The van der Waals surface area contributed by atoms with Crippen molar-refractivity contribution in [2.75, 3.05) is 7.05 Å². The molecular formula is C12H21N3O3. The third-order valence-corrected chi connectivity index (χ3v) is 2.75. The smallest absolute Gasteiger partial charge is 0.326 e. The molecule has 0 rings (SSSR count). The first-order chi connectivity index (χ1) is 8.11. The molecule has 0 aliphatic heterocycles. The van der Waals surface area contributed by atoms with Crippen LogP contribution in [0.1, 0.15) is 34.1 Å². The van der Waals surface area contributed by atoms with Gasteiger partial charge in [-0.2, -0.15) is 5.26 Å². The summed E-state index contributed by atoms with van der Waals surface area (Å²) in [5.74, 6) is -1.07. The lowest BCUT2D eigenvalue weighted by atomic mass is 9.87. The van der Waals surface area contributed by atoms with Gasteiger partial charge in [-0.1, -0.05) is 20.8 Å². The van der Waals surface area contributed by atoms with E-state index < -0.39 is 23.5 Å². The molecule has 0 saturated carbocycles. The Labute approximate surface area is 108 Å². The van der Waals surface area contributed by atoms with Crippen molar-refractivity contribution in [3.05, 3.63) is 0 Å². The molecule has 6 heteroatoms. The van der Waals surface area contributed by atoms with Gasteiger partial charge in [-0.25, -0.2) is 9.59 Å². The minimum absolute atomic E-state index is 0.206. The second kappa shape index (κ2) is 6.24. The molecule has 2 N–H and O–H groups in total. The van der Waals surface area contributed by atoms with Gasteiger partial charge >= 0.3 is 12.0 Å². The SMILES string of the molecule is CC(CC#N)N(C)C(=O)N[C@H](C(=O)O)C(C)(C)C. The molecule has 0 fully saturated rings. The molecule has 0 saturated heterocycles. The number of nitrogens with one attached hydrogen (secondary N) is 1. The van der Waals surface area contributed by atoms with Crippen LogP contribution in [0, 0.1) is 16.7 Å². The molecule has 0 aromatic carbocycles. The number of nitrogens with zero attached hydrogens (tertiary/aromatic N) is 2. The van der Waals surface area contributed by atoms with Crippen molar-refractivity contribution in [3.63, 3.8) is 0 Å². The van der Waals surface area contributed by atoms with Gasteiger partial charge in [0.15, 0.2) is 0 Å². The first-order valence-corrected chi connectivity index (χ1v) is 5.74. The highest BCUT2D eigenvalue weighted by molar-refractivity contribution is 5.83. The fourth-order valence-electron chi connectivity index (χ4n) is 1.34. The van der Waals surface area contributed by atoms with Gasteiger partial charge in [0.1, 0.15) is 6.04 Å². The van der Waals surface area contributed by atoms with Crippen LogP contribution in [0.5, 0.6) is 0 Å². The average Bonchev–Trinajstić information content (AvgIpc) is 2.22. The lowest BCUT2D eigenvalue weighted by molar-refractivity contribution is -0.142. The topological polar surface area (TPSA) is 93.4 Å². The highest BCUT2D eigenvalue weighted by atomic mass is 16.4. The molecule has 0 spiro atoms. The Morgan fingerprint density at radius 2 is 1.94 bits per heavy atom. The average molecular weight is 255 g/mol. The van der Waals surface area contributed by atoms with Crippen LogP contribution in [0.25, 0.3) is 0 Å². The number of carboxylic acids is 1. The van der Waals surface area contributed by atoms with E-state index in [9.17, 15) is 9.59 Å². The molecule has 0 aliphatic carbocycles. The predicted molar refractivity (Wildman–Crippen MR) is 66.9 cm³/mol. The molecule has 0 aliphatic rings. The van der Waals surface area contributed by atoms with E-state index in [1.54, 1.807) is 34.7 Å². The number of aliphatic carboxylic acids is 1. The zero-order valence-corrected chi connectivity index (χ0v) is 11.5. The standard InChI is InChI=1S/C12H21N3O3/c1-8(6-7-13)15(5)11(18)14-9(10(16)17)12(2,3)4/h8-9H,6H2,1-5H3,(H,14,18)(H,16,17)/t8?,9-/m1/s1. The lowest BCUT2D eigenvalue weighted by Crippen LogP contribution is -2.53. The van der Waals surface area contributed by atoms with Gasteiger partial charge < -0.3 is 15.3 Å². The number of amides is 2. The molecule has 1 unspecified atom stereocenters. The largest absolute Gasteiger partial charge is 0.480 e. The Bertz CT molecular complexity index is 355. The summed E-state index contributed by atoms with van der Waals surface area (Å²) >= 11 is 0. The Morgan fingerprint density at radius 3 is 2.28 bits per heavy atom. The molecular weight excluding hydrogens is 234 g/mol. The van der Waals surface area contributed by atoms with Crippen molar-refractivity contribution >= 4 is 12.0 Å². The minimum atomic E-state index is -1.07. The van der Waals surface area contributed by atoms with E-state index in [2.05, 4.69) is 5.32 Å². The van der Waals surface area contributed by atoms with Crippen LogP contribution in [0.15, 0.2) is 0 Å². The summed E-state index contributed by atoms with van der Waals surface area (Å²) in [5, 5.41) is 20.1. The summed E-state index contributed by atoms with van der Waals surface area (Å²) < 4.78 is 0. The van der Waals surface area contributed by atoms with E-state index >= 15 is 0 Å². The molecule has 2 atom stereocenters. The first kappa shape index (κ1) is 16.2. The Balaban J connectivity index is 4.72. The molecule has 0 aromatic rings. The van der Waals surface area contributed by atoms with Gasteiger partial charge in [-0.05, 0) is 12.3 Å². The molecule has 0 heterocycles. The van der Waals surface area contributed by atoms with Crippen molar-refractivity contribution in [1.82, 2.24) is 10.2 Å². The highest BCUT2D eigenvalue weighted by Gasteiger charge is 2.33. The van der Waals surface area contributed by atoms with Crippen molar-refractivity contribution in [2.45, 2.75) is 46.2 Å². The monoisotopic (exact) mass is 255 g/mol. The van der Waals surface area contributed by atoms with E-state index in [0.29, 0.717) is 0 Å². The molecule has 102 valence electrons. The number of nitriles is 1. The summed E-state index contributed by atoms with van der Waals surface area (Å²) in [5.41, 5.74) is -0.583. The summed E-state index contributed by atoms with van der Waals surface area (Å²) in [7, 11) is 1.54. The number of urea groups is 1. The van der Waals surface area contributed by atoms with Crippen molar-refractivity contribution in [1.29, 1.82) is 5.26 Å². The highest BCUT2D eigenvalue weighted by Crippen LogP contribution is 2.19. The van der Waals surface area contributed by atoms with E-state index in [0.717, 1.165) is 0 Å². The molecule has 18 heavy (non-hydrogen) atoms. The molecule has 2 amide bonds. The maximum atomic E-state index is 11.9. The maximum absolute atomic E-state index is 11.9. The van der Waals surface area contributed by atoms with Crippen LogP contribution < -0.4 is 5.32 Å². The van der Waals surface area contributed by atoms with E-state index in [1.165, 1.54) is 4.90 Å². The maximum Gasteiger partial charge on any atom is 0.326 e. The fraction of sp³-hybridized carbons (Fsp3) is 0.750. The number of hydrogen-bond acceptors (Lipinski definition) is 3. The van der Waals surface area contributed by atoms with Crippen LogP contribution in [-0.4, -0.2) is 41.1 Å². The van der Waals surface area contributed by atoms with Crippen molar-refractivity contribution < 1.29 is 14.7 Å². The Kier molecular flexibility index (Phi) is 5.63. The van der Waals surface area contributed by atoms with Crippen LogP contribution in [0.2, 0.25) is 0 Å². The predicted octanol–water partition coefficient (Wildman–Crippen LogP) is 1.43. The van der Waals surface area contributed by atoms with Gasteiger partial charge in [0.25, 0.3) is 0 Å². The van der Waals surface area contributed by atoms with Crippen LogP contribution in [0.3, 0.4) is 0 Å². The van der Waals surface area contributed by atoms with Crippen molar-refractivity contribution in [2.24, 2.45) is 5.41 Å². The Morgan fingerprint density at radius 1 is 1.44 bits per heavy atom. The van der Waals surface area contributed by atoms with Crippen LogP contribution >= 0.6 is 0 Å². The van der Waals surface area contributed by atoms with Gasteiger partial charge in [0, 0.05) is 13.1 Å².